The second kappa shape index (κ2) is 7.74. The highest BCUT2D eigenvalue weighted by Crippen LogP contribution is 2.25. The van der Waals surface area contributed by atoms with E-state index in [1.54, 1.807) is 37.3 Å². The highest BCUT2D eigenvalue weighted by atomic mass is 32.2. The number of ketones is 1. The molecule has 0 atom stereocenters. The average Bonchev–Trinajstić information content (AvgIpc) is 2.69. The monoisotopic (exact) mass is 397 g/mol. The van der Waals surface area contributed by atoms with E-state index >= 15 is 0 Å². The molecule has 5 nitrogen and oxygen atoms in total. The third kappa shape index (κ3) is 3.84. The van der Waals surface area contributed by atoms with Crippen molar-refractivity contribution in [1.82, 2.24) is 0 Å². The Balaban J connectivity index is 2.09. The van der Waals surface area contributed by atoms with Gasteiger partial charge in [-0.15, -0.1) is 0 Å². The first-order chi connectivity index (χ1) is 13.3. The number of anilines is 1. The summed E-state index contributed by atoms with van der Waals surface area (Å²) in [7, 11) is -4.34. The maximum atomic E-state index is 13.2. The predicted molar refractivity (Wildman–Crippen MR) is 103 cm³/mol. The molecule has 0 aliphatic heterocycles. The molecule has 28 heavy (non-hydrogen) atoms. The SMILES string of the molecule is Cc1ccc(S(=O)(=O)N(C(=O)C(=O)c2ccc(F)cc2)c2ccccc2)cc1. The predicted octanol–water partition coefficient (Wildman–Crippen LogP) is 3.74. The van der Waals surface area contributed by atoms with Crippen LogP contribution in [0.1, 0.15) is 15.9 Å². The van der Waals surface area contributed by atoms with Crippen molar-refractivity contribution in [3.8, 4) is 0 Å². The molecule has 0 heterocycles. The van der Waals surface area contributed by atoms with Crippen molar-refractivity contribution in [3.63, 3.8) is 0 Å². The molecule has 3 aromatic rings. The minimum absolute atomic E-state index is 0.0311. The van der Waals surface area contributed by atoms with Crippen molar-refractivity contribution in [2.24, 2.45) is 0 Å². The van der Waals surface area contributed by atoms with Gasteiger partial charge in [0.2, 0.25) is 0 Å². The van der Waals surface area contributed by atoms with E-state index in [0.717, 1.165) is 29.8 Å². The van der Waals surface area contributed by atoms with E-state index in [0.29, 0.717) is 4.31 Å². The van der Waals surface area contributed by atoms with Gasteiger partial charge in [-0.1, -0.05) is 35.9 Å². The average molecular weight is 397 g/mol. The van der Waals surface area contributed by atoms with E-state index in [2.05, 4.69) is 0 Å². The standard InChI is InChI=1S/C21H16FNO4S/c1-15-7-13-19(14-8-15)28(26,27)23(18-5-3-2-4-6-18)21(25)20(24)16-9-11-17(22)12-10-16/h2-14H,1H3. The summed E-state index contributed by atoms with van der Waals surface area (Å²) in [6.45, 7) is 1.80. The van der Waals surface area contributed by atoms with Crippen LogP contribution in [0.25, 0.3) is 0 Å². The van der Waals surface area contributed by atoms with Gasteiger partial charge < -0.3 is 0 Å². The van der Waals surface area contributed by atoms with Crippen LogP contribution in [0.4, 0.5) is 10.1 Å². The Morgan fingerprint density at radius 2 is 1.39 bits per heavy atom. The van der Waals surface area contributed by atoms with E-state index < -0.39 is 27.5 Å². The summed E-state index contributed by atoms with van der Waals surface area (Å²) in [5.41, 5.74) is 0.772. The van der Waals surface area contributed by atoms with Crippen LogP contribution < -0.4 is 4.31 Å². The summed E-state index contributed by atoms with van der Waals surface area (Å²) >= 11 is 0. The smallest absolute Gasteiger partial charge is 0.283 e. The number of aryl methyl sites for hydroxylation is 1. The Hall–Kier alpha value is -3.32. The number of sulfonamides is 1. The second-order valence-electron chi connectivity index (χ2n) is 6.06. The minimum Gasteiger partial charge on any atom is -0.283 e. The van der Waals surface area contributed by atoms with Gasteiger partial charge in [0, 0.05) is 5.56 Å². The van der Waals surface area contributed by atoms with Crippen molar-refractivity contribution >= 4 is 27.4 Å². The molecule has 0 fully saturated rings. The Labute approximate surface area is 162 Å². The molecule has 0 aliphatic carbocycles. The van der Waals surface area contributed by atoms with E-state index in [9.17, 15) is 22.4 Å². The summed E-state index contributed by atoms with van der Waals surface area (Å²) < 4.78 is 39.9. The van der Waals surface area contributed by atoms with Gasteiger partial charge in [0.05, 0.1) is 10.6 Å². The molecule has 0 aliphatic rings. The molecule has 142 valence electrons. The molecule has 7 heteroatoms. The van der Waals surface area contributed by atoms with Crippen LogP contribution in [-0.4, -0.2) is 20.1 Å². The first kappa shape index (κ1) is 19.4. The number of hydrogen-bond donors (Lipinski definition) is 0. The van der Waals surface area contributed by atoms with Crippen molar-refractivity contribution in [2.75, 3.05) is 4.31 Å². The fraction of sp³-hybridized carbons (Fsp3) is 0.0476. The summed E-state index contributed by atoms with van der Waals surface area (Å²) in [6, 6.07) is 17.9. The van der Waals surface area contributed by atoms with Gasteiger partial charge in [-0.3, -0.25) is 9.59 Å². The van der Waals surface area contributed by atoms with E-state index in [1.807, 2.05) is 0 Å². The Morgan fingerprint density at radius 3 is 1.96 bits per heavy atom. The zero-order valence-electron chi connectivity index (χ0n) is 14.9. The lowest BCUT2D eigenvalue weighted by molar-refractivity contribution is -0.113. The van der Waals surface area contributed by atoms with Crippen LogP contribution >= 0.6 is 0 Å². The molecular formula is C21H16FNO4S. The largest absolute Gasteiger partial charge is 0.313 e. The van der Waals surface area contributed by atoms with E-state index in [-0.39, 0.29) is 16.1 Å². The number of rotatable bonds is 5. The third-order valence-electron chi connectivity index (χ3n) is 4.04. The van der Waals surface area contributed by atoms with Crippen LogP contribution in [0.15, 0.2) is 83.8 Å². The van der Waals surface area contributed by atoms with Crippen molar-refractivity contribution in [3.05, 3.63) is 95.8 Å². The van der Waals surface area contributed by atoms with Gasteiger partial charge in [-0.2, -0.15) is 4.31 Å². The maximum Gasteiger partial charge on any atom is 0.313 e. The highest BCUT2D eigenvalue weighted by Gasteiger charge is 2.35. The molecular weight excluding hydrogens is 381 g/mol. The fourth-order valence-corrected chi connectivity index (χ4v) is 3.95. The molecule has 0 aromatic heterocycles. The number of amides is 1. The van der Waals surface area contributed by atoms with Crippen LogP contribution in [0.2, 0.25) is 0 Å². The number of carbonyl (C=O) groups is 2. The van der Waals surface area contributed by atoms with Gasteiger partial charge in [-0.05, 0) is 55.5 Å². The zero-order valence-corrected chi connectivity index (χ0v) is 15.7. The van der Waals surface area contributed by atoms with E-state index in [1.165, 1.54) is 24.3 Å². The number of Topliss-reactive ketones (excluding diaryl/α,β-unsaturated/α-hetero) is 1. The number of carbonyl (C=O) groups excluding carboxylic acids is 2. The third-order valence-corrected chi connectivity index (χ3v) is 5.76. The summed E-state index contributed by atoms with van der Waals surface area (Å²) in [5, 5.41) is 0. The maximum absolute atomic E-state index is 13.2. The van der Waals surface area contributed by atoms with Gasteiger partial charge in [0.15, 0.2) is 0 Å². The number of hydrogen-bond acceptors (Lipinski definition) is 4. The zero-order chi connectivity index (χ0) is 20.3. The summed E-state index contributed by atoms with van der Waals surface area (Å²) in [6.07, 6.45) is 0. The quantitative estimate of drug-likeness (QED) is 0.486. The molecule has 3 rings (SSSR count). The van der Waals surface area contributed by atoms with Crippen LogP contribution in [0.5, 0.6) is 0 Å². The van der Waals surface area contributed by atoms with Crippen molar-refractivity contribution < 1.29 is 22.4 Å². The number of para-hydroxylation sites is 1. The molecule has 0 spiro atoms. The minimum atomic E-state index is -4.34. The van der Waals surface area contributed by atoms with Crippen molar-refractivity contribution in [2.45, 2.75) is 11.8 Å². The molecule has 0 N–H and O–H groups in total. The van der Waals surface area contributed by atoms with Crippen LogP contribution in [-0.2, 0) is 14.8 Å². The summed E-state index contributed by atoms with van der Waals surface area (Å²) in [4.78, 5) is 25.4. The molecule has 0 radical (unpaired) electrons. The molecule has 0 saturated carbocycles. The van der Waals surface area contributed by atoms with Gasteiger partial charge in [-0.25, -0.2) is 12.8 Å². The molecule has 0 unspecified atom stereocenters. The fourth-order valence-electron chi connectivity index (χ4n) is 2.56. The molecule has 0 saturated heterocycles. The number of nitrogens with zero attached hydrogens (tertiary/aromatic N) is 1. The first-order valence-corrected chi connectivity index (χ1v) is 9.76. The number of benzene rings is 3. The normalized spacial score (nSPS) is 11.1. The lowest BCUT2D eigenvalue weighted by Crippen LogP contribution is -2.41. The Morgan fingerprint density at radius 1 is 0.821 bits per heavy atom. The molecule has 1 amide bonds. The van der Waals surface area contributed by atoms with Gasteiger partial charge in [0.25, 0.3) is 15.8 Å². The van der Waals surface area contributed by atoms with Crippen LogP contribution in [0, 0.1) is 12.7 Å². The van der Waals surface area contributed by atoms with Gasteiger partial charge in [0.1, 0.15) is 5.82 Å². The topological polar surface area (TPSA) is 71.5 Å². The van der Waals surface area contributed by atoms with E-state index in [4.69, 9.17) is 0 Å². The Kier molecular flexibility index (Phi) is 5.37. The lowest BCUT2D eigenvalue weighted by Gasteiger charge is -2.22. The Bertz CT molecular complexity index is 1110. The first-order valence-electron chi connectivity index (χ1n) is 8.32. The lowest BCUT2D eigenvalue weighted by atomic mass is 10.1. The highest BCUT2D eigenvalue weighted by molar-refractivity contribution is 7.93. The molecule has 3 aromatic carbocycles. The van der Waals surface area contributed by atoms with Crippen molar-refractivity contribution in [1.29, 1.82) is 0 Å². The molecule has 0 bridgehead atoms. The second-order valence-corrected chi connectivity index (χ2v) is 7.85. The van der Waals surface area contributed by atoms with Crippen LogP contribution in [0.3, 0.4) is 0 Å². The number of halogens is 1. The summed E-state index contributed by atoms with van der Waals surface area (Å²) in [5.74, 6) is -2.88. The van der Waals surface area contributed by atoms with Gasteiger partial charge >= 0.3 is 5.91 Å².